The molecule has 0 bridgehead atoms. The van der Waals surface area contributed by atoms with E-state index < -0.39 is 61.1 Å². The minimum Gasteiger partial charge on any atom is -0.390 e. The Balaban J connectivity index is 4.61. The Bertz CT molecular complexity index is 557. The number of esters is 4. The third-order valence-corrected chi connectivity index (χ3v) is 2.77. The lowest BCUT2D eigenvalue weighted by Gasteiger charge is -2.18. The highest BCUT2D eigenvalue weighted by atomic mass is 16.6. The summed E-state index contributed by atoms with van der Waals surface area (Å²) in [4.78, 5) is 47.6. The third kappa shape index (κ3) is 7.54. The van der Waals surface area contributed by atoms with Gasteiger partial charge < -0.3 is 41.0 Å². The zero-order chi connectivity index (χ0) is 20.6. The van der Waals surface area contributed by atoms with Gasteiger partial charge in [0, 0.05) is 14.1 Å². The van der Waals surface area contributed by atoms with Crippen molar-refractivity contribution in [2.75, 3.05) is 27.2 Å². The zero-order valence-electron chi connectivity index (χ0n) is 14.0. The van der Waals surface area contributed by atoms with Crippen molar-refractivity contribution in [2.45, 2.75) is 12.2 Å². The van der Waals surface area contributed by atoms with E-state index in [4.69, 9.17) is 22.3 Å². The quantitative estimate of drug-likeness (QED) is 0.107. The number of carbonyl (C=O) groups excluding carboxylic acids is 4. The minimum absolute atomic E-state index is 0.493. The van der Waals surface area contributed by atoms with Crippen LogP contribution in [0.15, 0.2) is 0 Å². The van der Waals surface area contributed by atoms with Gasteiger partial charge in [-0.3, -0.25) is 10.8 Å². The maximum Gasteiger partial charge on any atom is 0.346 e. The second-order valence-electron chi connectivity index (χ2n) is 4.96. The molecule has 0 radical (unpaired) electrons. The SMILES string of the molecule is CN(CC(=O)OC(=O)C(O)C(O)C(=O)OC(=O)CN(C)C(=N)N)C(=N)N. The van der Waals surface area contributed by atoms with Gasteiger partial charge >= 0.3 is 23.9 Å². The smallest absolute Gasteiger partial charge is 0.346 e. The average Bonchev–Trinajstić information content (AvgIpc) is 2.52. The maximum atomic E-state index is 11.5. The maximum absolute atomic E-state index is 11.5. The number of nitrogens with zero attached hydrogens (tertiary/aromatic N) is 2. The lowest BCUT2D eigenvalue weighted by molar-refractivity contribution is -0.180. The second kappa shape index (κ2) is 9.90. The van der Waals surface area contributed by atoms with Crippen LogP contribution >= 0.6 is 0 Å². The summed E-state index contributed by atoms with van der Waals surface area (Å²) in [5.74, 6) is -6.77. The molecule has 2 unspecified atom stereocenters. The highest BCUT2D eigenvalue weighted by molar-refractivity contribution is 5.96. The van der Waals surface area contributed by atoms with Crippen molar-refractivity contribution in [1.29, 1.82) is 10.8 Å². The molecule has 0 aliphatic carbocycles. The van der Waals surface area contributed by atoms with E-state index in [9.17, 15) is 29.4 Å². The molecule has 14 heteroatoms. The topological polar surface area (TPSA) is 233 Å². The molecule has 0 heterocycles. The first-order valence-corrected chi connectivity index (χ1v) is 6.82. The van der Waals surface area contributed by atoms with Crippen LogP contribution in [0.3, 0.4) is 0 Å². The molecule has 14 nitrogen and oxygen atoms in total. The molecule has 0 fully saturated rings. The molecule has 0 spiro atoms. The fourth-order valence-electron chi connectivity index (χ4n) is 1.23. The summed E-state index contributed by atoms with van der Waals surface area (Å²) >= 11 is 0. The van der Waals surface area contributed by atoms with Crippen molar-refractivity contribution >= 4 is 35.8 Å². The molecule has 2 atom stereocenters. The lowest BCUT2D eigenvalue weighted by Crippen LogP contribution is -2.45. The highest BCUT2D eigenvalue weighted by Crippen LogP contribution is 2.02. The highest BCUT2D eigenvalue weighted by Gasteiger charge is 2.35. The molecule has 0 aliphatic rings. The first-order chi connectivity index (χ1) is 11.9. The molecule has 0 saturated carbocycles. The Labute approximate surface area is 147 Å². The van der Waals surface area contributed by atoms with Crippen molar-refractivity contribution in [1.82, 2.24) is 9.80 Å². The van der Waals surface area contributed by atoms with E-state index in [1.54, 1.807) is 0 Å². The van der Waals surface area contributed by atoms with E-state index in [0.717, 1.165) is 9.80 Å². The fourth-order valence-corrected chi connectivity index (χ4v) is 1.23. The number of guanidine groups is 2. The van der Waals surface area contributed by atoms with Crippen LogP contribution < -0.4 is 11.5 Å². The number of hydrogen-bond donors (Lipinski definition) is 6. The Kier molecular flexibility index (Phi) is 8.66. The van der Waals surface area contributed by atoms with Crippen molar-refractivity contribution < 1.29 is 38.9 Å². The summed E-state index contributed by atoms with van der Waals surface area (Å²) in [6.45, 7) is -1.21. The predicted octanol–water partition coefficient (Wildman–Crippen LogP) is -4.50. The molecule has 0 rings (SSSR count). The molecule has 0 amide bonds. The number of nitrogens with two attached hydrogens (primary N) is 2. The number of aliphatic hydroxyl groups excluding tert-OH is 2. The summed E-state index contributed by atoms with van der Waals surface area (Å²) in [5, 5.41) is 33.1. The van der Waals surface area contributed by atoms with E-state index in [1.807, 2.05) is 0 Å². The van der Waals surface area contributed by atoms with Crippen LogP contribution in [-0.2, 0) is 28.7 Å². The van der Waals surface area contributed by atoms with Crippen LogP contribution in [-0.4, -0.2) is 95.2 Å². The summed E-state index contributed by atoms with van der Waals surface area (Å²) in [6, 6.07) is 0. The van der Waals surface area contributed by atoms with Gasteiger partial charge in [-0.05, 0) is 0 Å². The molecule has 26 heavy (non-hydrogen) atoms. The van der Waals surface area contributed by atoms with Crippen LogP contribution in [0, 0.1) is 10.8 Å². The monoisotopic (exact) mass is 376 g/mol. The molecular weight excluding hydrogens is 356 g/mol. The molecule has 0 aromatic rings. The van der Waals surface area contributed by atoms with E-state index in [1.165, 1.54) is 14.1 Å². The fraction of sp³-hybridized carbons (Fsp3) is 0.500. The van der Waals surface area contributed by atoms with E-state index in [-0.39, 0.29) is 0 Å². The van der Waals surface area contributed by atoms with Crippen molar-refractivity contribution in [2.24, 2.45) is 11.5 Å². The van der Waals surface area contributed by atoms with Gasteiger partial charge in [0.2, 0.25) is 0 Å². The van der Waals surface area contributed by atoms with Crippen molar-refractivity contribution in [3.05, 3.63) is 0 Å². The molecule has 0 saturated heterocycles. The summed E-state index contributed by atoms with van der Waals surface area (Å²) in [6.07, 6.45) is -5.01. The number of nitrogens with one attached hydrogen (secondary N) is 2. The first kappa shape index (κ1) is 22.7. The van der Waals surface area contributed by atoms with E-state index in [2.05, 4.69) is 9.47 Å². The normalized spacial score (nSPS) is 12.3. The van der Waals surface area contributed by atoms with Crippen LogP contribution in [0.5, 0.6) is 0 Å². The first-order valence-electron chi connectivity index (χ1n) is 6.82. The van der Waals surface area contributed by atoms with Gasteiger partial charge in [0.1, 0.15) is 13.1 Å². The molecule has 0 aromatic carbocycles. The van der Waals surface area contributed by atoms with Crippen molar-refractivity contribution in [3.8, 4) is 0 Å². The minimum atomic E-state index is -2.51. The number of aliphatic hydroxyl groups is 2. The van der Waals surface area contributed by atoms with Gasteiger partial charge in [-0.2, -0.15) is 0 Å². The van der Waals surface area contributed by atoms with E-state index >= 15 is 0 Å². The number of hydrogen-bond acceptors (Lipinski definition) is 10. The van der Waals surface area contributed by atoms with Crippen LogP contribution in [0.2, 0.25) is 0 Å². The molecule has 146 valence electrons. The van der Waals surface area contributed by atoms with Gasteiger partial charge in [-0.15, -0.1) is 0 Å². The average molecular weight is 376 g/mol. The van der Waals surface area contributed by atoms with Crippen LogP contribution in [0.1, 0.15) is 0 Å². The Morgan fingerprint density at radius 2 is 1.12 bits per heavy atom. The summed E-state index contributed by atoms with van der Waals surface area (Å²) < 4.78 is 8.36. The number of likely N-dealkylation sites (N-methyl/N-ethyl adjacent to an activating group) is 2. The van der Waals surface area contributed by atoms with Gasteiger partial charge in [0.05, 0.1) is 0 Å². The molecule has 0 aromatic heterocycles. The number of rotatable bonds is 7. The van der Waals surface area contributed by atoms with Gasteiger partial charge in [-0.25, -0.2) is 19.2 Å². The van der Waals surface area contributed by atoms with Gasteiger partial charge in [-0.1, -0.05) is 0 Å². The largest absolute Gasteiger partial charge is 0.390 e. The van der Waals surface area contributed by atoms with Gasteiger partial charge in [0.15, 0.2) is 24.1 Å². The Morgan fingerprint density at radius 1 is 0.846 bits per heavy atom. The Hall–Kier alpha value is -3.26. The Morgan fingerprint density at radius 3 is 1.35 bits per heavy atom. The predicted molar refractivity (Wildman–Crippen MR) is 83.3 cm³/mol. The van der Waals surface area contributed by atoms with Gasteiger partial charge in [0.25, 0.3) is 0 Å². The lowest BCUT2D eigenvalue weighted by atomic mass is 10.2. The summed E-state index contributed by atoms with van der Waals surface area (Å²) in [5.41, 5.74) is 10.1. The molecule has 0 aliphatic heterocycles. The van der Waals surface area contributed by atoms with E-state index in [0.29, 0.717) is 0 Å². The van der Waals surface area contributed by atoms with Crippen LogP contribution in [0.4, 0.5) is 0 Å². The number of carbonyl (C=O) groups is 4. The van der Waals surface area contributed by atoms with Crippen molar-refractivity contribution in [3.63, 3.8) is 0 Å². The zero-order valence-corrected chi connectivity index (χ0v) is 14.0. The molecule has 8 N–H and O–H groups in total. The summed E-state index contributed by atoms with van der Waals surface area (Å²) in [7, 11) is 2.50. The number of ether oxygens (including phenoxy) is 2. The second-order valence-corrected chi connectivity index (χ2v) is 4.96. The van der Waals surface area contributed by atoms with Crippen LogP contribution in [0.25, 0.3) is 0 Å². The third-order valence-electron chi connectivity index (χ3n) is 2.77. The molecular formula is C12H20N6O8. The standard InChI is InChI=1S/C12H20N6O8/c1-17(11(13)14)3-5(19)25-9(23)7(21)8(22)10(24)26-6(20)4-18(2)12(15)16/h7-8,21-22H,3-4H2,1-2H3,(H3,13,14)(H3,15,16).